The monoisotopic (exact) mass is 451 g/mol. The van der Waals surface area contributed by atoms with Gasteiger partial charge in [-0.3, -0.25) is 9.59 Å². The fraction of sp³-hybridized carbons (Fsp3) is 0.409. The summed E-state index contributed by atoms with van der Waals surface area (Å²) in [6.45, 7) is 4.16. The first kappa shape index (κ1) is 25.2. The lowest BCUT2D eigenvalue weighted by molar-refractivity contribution is -0.126. The first-order valence-corrected chi connectivity index (χ1v) is 10.1. The molecule has 3 atom stereocenters. The number of ether oxygens (including phenoxy) is 2. The highest BCUT2D eigenvalue weighted by Gasteiger charge is 2.33. The van der Waals surface area contributed by atoms with E-state index in [4.69, 9.17) is 20.3 Å². The van der Waals surface area contributed by atoms with Crippen molar-refractivity contribution in [1.82, 2.24) is 4.98 Å². The first-order chi connectivity index (χ1) is 15.2. The molecule has 32 heavy (non-hydrogen) atoms. The smallest absolute Gasteiger partial charge is 0.267 e. The second-order valence-corrected chi connectivity index (χ2v) is 7.31. The van der Waals surface area contributed by atoms with Crippen LogP contribution in [0.15, 0.2) is 36.5 Å². The third kappa shape index (κ3) is 7.24. The van der Waals surface area contributed by atoms with Crippen molar-refractivity contribution in [2.24, 2.45) is 11.7 Å². The summed E-state index contributed by atoms with van der Waals surface area (Å²) in [5.41, 5.74) is 5.77. The van der Waals surface area contributed by atoms with Crippen LogP contribution in [0.5, 0.6) is 5.75 Å². The molecule has 2 amide bonds. The lowest BCUT2D eigenvalue weighted by Gasteiger charge is -2.11. The number of aromatic nitrogens is 1. The van der Waals surface area contributed by atoms with Gasteiger partial charge in [0.2, 0.25) is 5.82 Å². The predicted molar refractivity (Wildman–Crippen MR) is 113 cm³/mol. The predicted octanol–water partition coefficient (Wildman–Crippen LogP) is 2.66. The van der Waals surface area contributed by atoms with Gasteiger partial charge >= 0.3 is 0 Å². The Morgan fingerprint density at radius 3 is 2.59 bits per heavy atom. The van der Waals surface area contributed by atoms with Gasteiger partial charge in [0, 0.05) is 13.0 Å². The molecule has 2 unspecified atom stereocenters. The van der Waals surface area contributed by atoms with Gasteiger partial charge in [0.15, 0.2) is 11.6 Å². The summed E-state index contributed by atoms with van der Waals surface area (Å²) in [6.07, 6.45) is 2.17. The number of aliphatic hydroxyl groups excluding tert-OH is 1. The number of aliphatic hydroxyl groups is 1. The number of benzene rings is 1. The minimum absolute atomic E-state index is 0.0308. The molecule has 1 aromatic carbocycles. The number of nitrogens with zero attached hydrogens (tertiary/aromatic N) is 1. The van der Waals surface area contributed by atoms with Gasteiger partial charge in [-0.1, -0.05) is 13.0 Å². The van der Waals surface area contributed by atoms with E-state index in [-0.39, 0.29) is 36.7 Å². The number of carbonyl (C=O) groups is 2. The molecule has 1 aliphatic rings. The molecule has 174 valence electrons. The van der Waals surface area contributed by atoms with Gasteiger partial charge in [-0.2, -0.15) is 4.39 Å². The van der Waals surface area contributed by atoms with Gasteiger partial charge in [0.1, 0.15) is 11.8 Å². The van der Waals surface area contributed by atoms with Crippen molar-refractivity contribution in [3.8, 4) is 5.75 Å². The van der Waals surface area contributed by atoms with E-state index in [2.05, 4.69) is 17.2 Å². The number of amides is 2. The molecule has 4 N–H and O–H groups in total. The highest BCUT2D eigenvalue weighted by molar-refractivity contribution is 5.95. The average Bonchev–Trinajstić information content (AvgIpc) is 3.11. The number of carbonyl (C=O) groups excluding carboxylic acids is 2. The molecule has 1 saturated heterocycles. The van der Waals surface area contributed by atoms with Crippen LogP contribution in [0.2, 0.25) is 0 Å². The van der Waals surface area contributed by atoms with Gasteiger partial charge in [0.05, 0.1) is 24.6 Å². The highest BCUT2D eigenvalue weighted by Crippen LogP contribution is 2.26. The molecule has 8 nitrogen and oxygen atoms in total. The number of anilines is 1. The van der Waals surface area contributed by atoms with Gasteiger partial charge in [-0.05, 0) is 43.5 Å². The maximum absolute atomic E-state index is 12.9. The molecule has 0 spiro atoms. The maximum Gasteiger partial charge on any atom is 0.267 e. The van der Waals surface area contributed by atoms with Crippen LogP contribution in [0, 0.1) is 17.6 Å². The molecule has 0 bridgehead atoms. The maximum atomic E-state index is 12.9. The zero-order chi connectivity index (χ0) is 23.7. The van der Waals surface area contributed by atoms with Crippen LogP contribution >= 0.6 is 0 Å². The van der Waals surface area contributed by atoms with E-state index in [1.165, 1.54) is 24.4 Å². The summed E-state index contributed by atoms with van der Waals surface area (Å²) in [6, 6.07) is 6.79. The van der Waals surface area contributed by atoms with Gasteiger partial charge in [-0.25, -0.2) is 9.37 Å². The minimum atomic E-state index is -0.986. The SMILES string of the molecule is CC1OC(C(=O)Nc2ccc(C(N)=O)nc2)C[C@@H]1C.OCCCOc1cccc(F)c1F. The van der Waals surface area contributed by atoms with Crippen molar-refractivity contribution in [3.05, 3.63) is 53.9 Å². The molecule has 2 heterocycles. The number of halogens is 2. The van der Waals surface area contributed by atoms with Crippen LogP contribution in [0.25, 0.3) is 0 Å². The summed E-state index contributed by atoms with van der Waals surface area (Å²) in [5, 5.41) is 11.1. The van der Waals surface area contributed by atoms with Crippen molar-refractivity contribution in [1.29, 1.82) is 0 Å². The number of nitrogens with two attached hydrogens (primary N) is 1. The Balaban J connectivity index is 0.000000244. The summed E-state index contributed by atoms with van der Waals surface area (Å²) < 4.78 is 35.9. The van der Waals surface area contributed by atoms with E-state index >= 15 is 0 Å². The molecular weight excluding hydrogens is 424 g/mol. The minimum Gasteiger partial charge on any atom is -0.490 e. The van der Waals surface area contributed by atoms with Crippen molar-refractivity contribution < 1.29 is 33.0 Å². The second-order valence-electron chi connectivity index (χ2n) is 7.31. The lowest BCUT2D eigenvalue weighted by Crippen LogP contribution is -2.27. The average molecular weight is 451 g/mol. The van der Waals surface area contributed by atoms with E-state index in [9.17, 15) is 18.4 Å². The van der Waals surface area contributed by atoms with Crippen molar-refractivity contribution in [3.63, 3.8) is 0 Å². The summed E-state index contributed by atoms with van der Waals surface area (Å²) in [4.78, 5) is 26.7. The van der Waals surface area contributed by atoms with Crippen LogP contribution in [-0.2, 0) is 9.53 Å². The lowest BCUT2D eigenvalue weighted by atomic mass is 10.0. The zero-order valence-corrected chi connectivity index (χ0v) is 17.9. The fourth-order valence-corrected chi connectivity index (χ4v) is 2.83. The van der Waals surface area contributed by atoms with Crippen LogP contribution in [0.3, 0.4) is 0 Å². The van der Waals surface area contributed by atoms with E-state index in [1.54, 1.807) is 6.07 Å². The zero-order valence-electron chi connectivity index (χ0n) is 17.9. The van der Waals surface area contributed by atoms with Crippen LogP contribution < -0.4 is 15.8 Å². The summed E-state index contributed by atoms with van der Waals surface area (Å²) >= 11 is 0. The Hall–Kier alpha value is -3.11. The van der Waals surface area contributed by atoms with Gasteiger partial charge in [-0.15, -0.1) is 0 Å². The number of hydrogen-bond acceptors (Lipinski definition) is 6. The van der Waals surface area contributed by atoms with Gasteiger partial charge in [0.25, 0.3) is 11.8 Å². The number of rotatable bonds is 7. The Morgan fingerprint density at radius 1 is 1.28 bits per heavy atom. The molecule has 0 radical (unpaired) electrons. The van der Waals surface area contributed by atoms with E-state index in [1.807, 2.05) is 6.92 Å². The van der Waals surface area contributed by atoms with E-state index in [0.29, 0.717) is 24.4 Å². The largest absolute Gasteiger partial charge is 0.490 e. The molecular formula is C22H27F2N3O5. The van der Waals surface area contributed by atoms with Crippen molar-refractivity contribution >= 4 is 17.5 Å². The van der Waals surface area contributed by atoms with Crippen molar-refractivity contribution in [2.45, 2.75) is 38.9 Å². The molecule has 1 fully saturated rings. The number of primary amides is 1. The number of nitrogens with one attached hydrogen (secondary N) is 1. The molecule has 0 aliphatic carbocycles. The Labute approximate surface area is 184 Å². The van der Waals surface area contributed by atoms with E-state index in [0.717, 1.165) is 6.07 Å². The number of pyridine rings is 1. The third-order valence-corrected chi connectivity index (χ3v) is 4.82. The Bertz CT molecular complexity index is 901. The normalized spacial score (nSPS) is 19.6. The summed E-state index contributed by atoms with van der Waals surface area (Å²) in [5.74, 6) is -2.45. The quantitative estimate of drug-likeness (QED) is 0.556. The molecule has 10 heteroatoms. The molecule has 0 saturated carbocycles. The van der Waals surface area contributed by atoms with Crippen LogP contribution in [-0.4, -0.2) is 47.3 Å². The topological polar surface area (TPSA) is 124 Å². The molecule has 1 aromatic heterocycles. The molecule has 1 aliphatic heterocycles. The summed E-state index contributed by atoms with van der Waals surface area (Å²) in [7, 11) is 0. The Morgan fingerprint density at radius 2 is 2.03 bits per heavy atom. The molecule has 2 aromatic rings. The van der Waals surface area contributed by atoms with Crippen molar-refractivity contribution in [2.75, 3.05) is 18.5 Å². The van der Waals surface area contributed by atoms with E-state index < -0.39 is 23.6 Å². The van der Waals surface area contributed by atoms with Crippen LogP contribution in [0.1, 0.15) is 37.2 Å². The Kier molecular flexibility index (Phi) is 9.48. The van der Waals surface area contributed by atoms with Gasteiger partial charge < -0.3 is 25.6 Å². The number of hydrogen-bond donors (Lipinski definition) is 3. The second kappa shape index (κ2) is 12.1. The first-order valence-electron chi connectivity index (χ1n) is 10.1. The fourth-order valence-electron chi connectivity index (χ4n) is 2.83. The molecule has 3 rings (SSSR count). The highest BCUT2D eigenvalue weighted by atomic mass is 19.2. The standard InChI is InChI=1S/C13H17N3O3.C9H10F2O2/c1-7-5-11(19-8(7)2)13(18)16-9-3-4-10(12(14)17)15-6-9;10-7-3-1-4-8(9(7)11)13-6-2-5-12/h3-4,6-8,11H,5H2,1-2H3,(H2,14,17)(H,16,18);1,3-4,12H,2,5-6H2/t7-,8?,11?;/m0./s1. The third-order valence-electron chi connectivity index (χ3n) is 4.82. The van der Waals surface area contributed by atoms with Crippen LogP contribution in [0.4, 0.5) is 14.5 Å².